The number of benzene rings is 3. The molecular weight excluding hydrogens is 534 g/mol. The first kappa shape index (κ1) is 31.0. The van der Waals surface area contributed by atoms with Crippen molar-refractivity contribution in [3.8, 4) is 39.5 Å². The van der Waals surface area contributed by atoms with Gasteiger partial charge in [-0.3, -0.25) is 0 Å². The summed E-state index contributed by atoms with van der Waals surface area (Å²) in [5.41, 5.74) is 2.43. The van der Waals surface area contributed by atoms with E-state index in [1.54, 1.807) is 37.3 Å². The molecule has 0 radical (unpaired) electrons. The number of aliphatic hydroxyl groups is 1. The first-order valence-corrected chi connectivity index (χ1v) is 12.9. The summed E-state index contributed by atoms with van der Waals surface area (Å²) in [5.74, 6) is -2.14. The molecule has 216 valence electrons. The SMILES string of the molecule is C=C(C)C(=O)OCCCOc1ccc(-c2cc(OC(=O)C(=C)C)cc(-c3ccc(OCCCO)c(F)c3)c2)cc1F. The molecule has 0 unspecified atom stereocenters. The predicted octanol–water partition coefficient (Wildman–Crippen LogP) is 6.43. The van der Waals surface area contributed by atoms with Crippen molar-refractivity contribution in [2.75, 3.05) is 26.4 Å². The van der Waals surface area contributed by atoms with Gasteiger partial charge in [0.25, 0.3) is 0 Å². The van der Waals surface area contributed by atoms with Crippen LogP contribution < -0.4 is 14.2 Å². The third-order valence-corrected chi connectivity index (χ3v) is 5.68. The number of hydrogen-bond donors (Lipinski definition) is 1. The van der Waals surface area contributed by atoms with E-state index in [9.17, 15) is 18.4 Å². The predicted molar refractivity (Wildman–Crippen MR) is 151 cm³/mol. The molecule has 0 aliphatic heterocycles. The number of aliphatic hydroxyl groups excluding tert-OH is 1. The van der Waals surface area contributed by atoms with Gasteiger partial charge in [0.2, 0.25) is 0 Å². The van der Waals surface area contributed by atoms with Gasteiger partial charge in [-0.25, -0.2) is 18.4 Å². The largest absolute Gasteiger partial charge is 0.490 e. The summed E-state index contributed by atoms with van der Waals surface area (Å²) in [7, 11) is 0. The van der Waals surface area contributed by atoms with Gasteiger partial charge in [-0.1, -0.05) is 25.3 Å². The number of esters is 2. The number of rotatable bonds is 14. The number of carbonyl (C=O) groups excluding carboxylic acids is 2. The second kappa shape index (κ2) is 14.8. The molecule has 3 aromatic rings. The molecule has 9 heteroatoms. The molecule has 41 heavy (non-hydrogen) atoms. The number of hydrogen-bond acceptors (Lipinski definition) is 7. The van der Waals surface area contributed by atoms with Crippen molar-refractivity contribution < 1.29 is 42.4 Å². The van der Waals surface area contributed by atoms with Gasteiger partial charge in [0, 0.05) is 30.6 Å². The fourth-order valence-electron chi connectivity index (χ4n) is 3.56. The maximum absolute atomic E-state index is 14.9. The minimum atomic E-state index is -0.643. The zero-order chi connectivity index (χ0) is 29.9. The third-order valence-electron chi connectivity index (χ3n) is 5.68. The third kappa shape index (κ3) is 9.01. The van der Waals surface area contributed by atoms with E-state index in [-0.39, 0.29) is 49.2 Å². The topological polar surface area (TPSA) is 91.3 Å². The smallest absolute Gasteiger partial charge is 0.338 e. The highest BCUT2D eigenvalue weighted by Crippen LogP contribution is 2.35. The molecule has 0 heterocycles. The number of carbonyl (C=O) groups is 2. The minimum absolute atomic E-state index is 0.0175. The van der Waals surface area contributed by atoms with Crippen LogP contribution in [-0.2, 0) is 14.3 Å². The highest BCUT2D eigenvalue weighted by atomic mass is 19.1. The Morgan fingerprint density at radius 2 is 1.22 bits per heavy atom. The Labute approximate surface area is 237 Å². The van der Waals surface area contributed by atoms with Crippen LogP contribution in [0.5, 0.6) is 17.2 Å². The molecule has 7 nitrogen and oxygen atoms in total. The maximum Gasteiger partial charge on any atom is 0.338 e. The molecule has 0 aliphatic carbocycles. The van der Waals surface area contributed by atoms with E-state index in [0.29, 0.717) is 40.7 Å². The molecular formula is C32H32F2O7. The molecule has 0 saturated heterocycles. The minimum Gasteiger partial charge on any atom is -0.490 e. The molecule has 1 N–H and O–H groups in total. The van der Waals surface area contributed by atoms with E-state index in [0.717, 1.165) is 0 Å². The van der Waals surface area contributed by atoms with Crippen LogP contribution in [-0.4, -0.2) is 43.5 Å². The van der Waals surface area contributed by atoms with Gasteiger partial charge < -0.3 is 24.1 Å². The highest BCUT2D eigenvalue weighted by molar-refractivity contribution is 5.89. The van der Waals surface area contributed by atoms with E-state index in [1.807, 2.05) is 0 Å². The average Bonchev–Trinajstić information content (AvgIpc) is 2.94. The molecule has 0 aromatic heterocycles. The van der Waals surface area contributed by atoms with Crippen LogP contribution in [0.3, 0.4) is 0 Å². The quantitative estimate of drug-likeness (QED) is 0.104. The molecule has 3 rings (SSSR count). The Bertz CT molecular complexity index is 1430. The molecule has 0 atom stereocenters. The molecule has 0 amide bonds. The summed E-state index contributed by atoms with van der Waals surface area (Å²) in [4.78, 5) is 23.7. The fourth-order valence-corrected chi connectivity index (χ4v) is 3.56. The lowest BCUT2D eigenvalue weighted by Gasteiger charge is -2.13. The second-order valence-corrected chi connectivity index (χ2v) is 9.25. The van der Waals surface area contributed by atoms with Crippen molar-refractivity contribution in [3.63, 3.8) is 0 Å². The van der Waals surface area contributed by atoms with E-state index in [4.69, 9.17) is 24.1 Å². The first-order chi connectivity index (χ1) is 19.6. The molecule has 0 spiro atoms. The average molecular weight is 567 g/mol. The summed E-state index contributed by atoms with van der Waals surface area (Å²) in [6, 6.07) is 13.6. The van der Waals surface area contributed by atoms with Crippen molar-refractivity contribution in [1.82, 2.24) is 0 Å². The molecule has 0 fully saturated rings. The van der Waals surface area contributed by atoms with Crippen molar-refractivity contribution in [2.45, 2.75) is 26.7 Å². The van der Waals surface area contributed by atoms with Crippen LogP contribution in [0.25, 0.3) is 22.3 Å². The van der Waals surface area contributed by atoms with Gasteiger partial charge in [-0.15, -0.1) is 0 Å². The Kier molecular flexibility index (Phi) is 11.2. The molecule has 0 bridgehead atoms. The fraction of sp³-hybridized carbons (Fsp3) is 0.250. The summed E-state index contributed by atoms with van der Waals surface area (Å²) >= 11 is 0. The van der Waals surface area contributed by atoms with Crippen LogP contribution >= 0.6 is 0 Å². The summed E-state index contributed by atoms with van der Waals surface area (Å²) in [6.07, 6.45) is 0.730. The molecule has 3 aromatic carbocycles. The molecule has 0 aliphatic rings. The van der Waals surface area contributed by atoms with Gasteiger partial charge >= 0.3 is 11.9 Å². The Morgan fingerprint density at radius 3 is 1.68 bits per heavy atom. The molecule has 0 saturated carbocycles. The lowest BCUT2D eigenvalue weighted by Crippen LogP contribution is -2.09. The summed E-state index contributed by atoms with van der Waals surface area (Å²) < 4.78 is 51.0. The first-order valence-electron chi connectivity index (χ1n) is 12.9. The maximum atomic E-state index is 14.9. The van der Waals surface area contributed by atoms with Gasteiger partial charge in [-0.2, -0.15) is 0 Å². The van der Waals surface area contributed by atoms with Crippen LogP contribution in [0.1, 0.15) is 26.7 Å². The van der Waals surface area contributed by atoms with Crippen molar-refractivity contribution >= 4 is 11.9 Å². The van der Waals surface area contributed by atoms with Crippen molar-refractivity contribution in [3.05, 3.63) is 90.5 Å². The van der Waals surface area contributed by atoms with Crippen LogP contribution in [0, 0.1) is 11.6 Å². The van der Waals surface area contributed by atoms with Gasteiger partial charge in [0.15, 0.2) is 23.1 Å². The van der Waals surface area contributed by atoms with Gasteiger partial charge in [0.1, 0.15) is 5.75 Å². The Balaban J connectivity index is 1.85. The van der Waals surface area contributed by atoms with E-state index < -0.39 is 23.6 Å². The van der Waals surface area contributed by atoms with Crippen LogP contribution in [0.2, 0.25) is 0 Å². The second-order valence-electron chi connectivity index (χ2n) is 9.25. The lowest BCUT2D eigenvalue weighted by atomic mass is 9.98. The standard InChI is InChI=1S/C32H32F2O7/c1-20(2)31(36)40-14-6-13-39-30-10-8-23(19-28(30)34)25-15-24(16-26(17-25)41-32(37)21(3)4)22-7-9-29(27(33)18-22)38-12-5-11-35/h7-10,15-19,35H,1,3,5-6,11-14H2,2,4H3. The van der Waals surface area contributed by atoms with Crippen LogP contribution in [0.15, 0.2) is 78.9 Å². The Hall–Kier alpha value is -4.50. The van der Waals surface area contributed by atoms with Crippen molar-refractivity contribution in [2.24, 2.45) is 0 Å². The Morgan fingerprint density at radius 1 is 0.707 bits per heavy atom. The monoisotopic (exact) mass is 566 g/mol. The van der Waals surface area contributed by atoms with E-state index in [2.05, 4.69) is 13.2 Å². The van der Waals surface area contributed by atoms with Gasteiger partial charge in [0.05, 0.1) is 19.8 Å². The zero-order valence-electron chi connectivity index (χ0n) is 23.0. The lowest BCUT2D eigenvalue weighted by molar-refractivity contribution is -0.139. The number of halogens is 2. The van der Waals surface area contributed by atoms with Gasteiger partial charge in [-0.05, 0) is 78.6 Å². The zero-order valence-corrected chi connectivity index (χ0v) is 23.0. The normalized spacial score (nSPS) is 10.6. The summed E-state index contributed by atoms with van der Waals surface area (Å²) in [5, 5.41) is 8.91. The van der Waals surface area contributed by atoms with E-state index >= 15 is 0 Å². The van der Waals surface area contributed by atoms with E-state index in [1.165, 1.54) is 31.2 Å². The highest BCUT2D eigenvalue weighted by Gasteiger charge is 2.14. The number of ether oxygens (including phenoxy) is 4. The summed E-state index contributed by atoms with van der Waals surface area (Å²) in [6.45, 7) is 10.5. The van der Waals surface area contributed by atoms with Crippen molar-refractivity contribution in [1.29, 1.82) is 0 Å². The van der Waals surface area contributed by atoms with Crippen LogP contribution in [0.4, 0.5) is 8.78 Å².